The van der Waals surface area contributed by atoms with Gasteiger partial charge in [-0.2, -0.15) is 0 Å². The Kier molecular flexibility index (Phi) is 45.9. The molecule has 74 heavy (non-hydrogen) atoms. The fraction of sp³-hybridized carbons (Fsp3) is 0.861. The van der Waals surface area contributed by atoms with Gasteiger partial charge in [0.25, 0.3) is 0 Å². The summed E-state index contributed by atoms with van der Waals surface area (Å²) in [6.07, 6.45) is 42.7. The fourth-order valence-electron chi connectivity index (χ4n) is 10.6. The SMILES string of the molecule is C.C.CC1=CCC(C)CC1.CC1=CCC(C)CC1.CC1CCC(C)CC1.CC1CCC(C)CC1.CC1CCC(C)CC1.CC1CCC(C)CC1.CC1CCC(C)OC1.CC1CCC(C)OC1.Cc1ccc(C)cc1.[HH].[HH]. The van der Waals surface area contributed by atoms with Gasteiger partial charge in [0.15, 0.2) is 0 Å². The van der Waals surface area contributed by atoms with E-state index in [-0.39, 0.29) is 17.7 Å². The molecule has 0 bridgehead atoms. The maximum atomic E-state index is 5.39. The molecule has 0 aromatic heterocycles. The number of benzene rings is 1. The van der Waals surface area contributed by atoms with Crippen molar-refractivity contribution in [2.24, 2.45) is 71.0 Å². The first kappa shape index (κ1) is 74.7. The molecule has 2 aliphatic heterocycles. The molecule has 6 fully saturated rings. The quantitative estimate of drug-likeness (QED) is 0.241. The van der Waals surface area contributed by atoms with E-state index in [4.69, 9.17) is 9.47 Å². The largest absolute Gasteiger partial charge is 0.378 e. The first-order valence-corrected chi connectivity index (χ1v) is 31.7. The Bertz CT molecular complexity index is 1160. The van der Waals surface area contributed by atoms with Gasteiger partial charge in [0, 0.05) is 16.1 Å². The zero-order valence-corrected chi connectivity index (χ0v) is 52.2. The zero-order valence-electron chi connectivity index (χ0n) is 52.2. The summed E-state index contributed by atoms with van der Waals surface area (Å²) in [7, 11) is 0. The second-order valence-electron chi connectivity index (χ2n) is 27.1. The van der Waals surface area contributed by atoms with Crippen LogP contribution in [0.3, 0.4) is 0 Å². The van der Waals surface area contributed by atoms with Crippen LogP contribution in [0.25, 0.3) is 0 Å². The number of ether oxygens (including phenoxy) is 2. The standard InChI is InChI=1S/4C8H16.2C8H14.C8H10.2C7H14O.2CH4.2H2/c7*1-7-3-5-8(2)6-4-7;2*1-6-3-4-7(2)8-5-6;;;;/h4*7-8H,3-6H2,1-2H3;2*3,8H,4-6H2,1-2H3;3-6H,1-2H3;2*6-7H,3-5H2,1-2H3;2*1H4;2*1H. The summed E-state index contributed by atoms with van der Waals surface area (Å²) in [5, 5.41) is 0. The molecular formula is C72H142O2. The highest BCUT2D eigenvalue weighted by Gasteiger charge is 2.17. The molecule has 2 heterocycles. The molecule has 0 amide bonds. The third-order valence-electron chi connectivity index (χ3n) is 17.7. The highest BCUT2D eigenvalue weighted by molar-refractivity contribution is 5.19. The molecule has 8 aliphatic rings. The Morgan fingerprint density at radius 2 is 0.486 bits per heavy atom. The summed E-state index contributed by atoms with van der Waals surface area (Å²) in [6.45, 7) is 42.9. The molecule has 1 aromatic rings. The zero-order chi connectivity index (χ0) is 53.8. The van der Waals surface area contributed by atoms with Crippen LogP contribution in [0.4, 0.5) is 0 Å². The maximum absolute atomic E-state index is 5.39. The lowest BCUT2D eigenvalue weighted by atomic mass is 9.84. The van der Waals surface area contributed by atoms with E-state index in [0.717, 1.165) is 84.2 Å². The van der Waals surface area contributed by atoms with Crippen molar-refractivity contribution in [1.82, 2.24) is 0 Å². The van der Waals surface area contributed by atoms with Crippen LogP contribution in [0, 0.1) is 84.9 Å². The van der Waals surface area contributed by atoms with Crippen molar-refractivity contribution < 1.29 is 12.3 Å². The van der Waals surface area contributed by atoms with E-state index in [1.165, 1.54) is 178 Å². The Morgan fingerprint density at radius 3 is 0.622 bits per heavy atom. The molecule has 2 nitrogen and oxygen atoms in total. The van der Waals surface area contributed by atoms with Gasteiger partial charge in [-0.15, -0.1) is 0 Å². The number of aryl methyl sites for hydroxylation is 2. The second-order valence-corrected chi connectivity index (χ2v) is 27.1. The smallest absolute Gasteiger partial charge is 0.0547 e. The van der Waals surface area contributed by atoms with Gasteiger partial charge in [0.2, 0.25) is 0 Å². The maximum Gasteiger partial charge on any atom is 0.0547 e. The van der Waals surface area contributed by atoms with E-state index >= 15 is 0 Å². The second kappa shape index (κ2) is 45.5. The third-order valence-corrected chi connectivity index (χ3v) is 17.7. The predicted octanol–water partition coefficient (Wildman–Crippen LogP) is 24.5. The van der Waals surface area contributed by atoms with Gasteiger partial charge in [0.05, 0.1) is 12.2 Å². The predicted molar refractivity (Wildman–Crippen MR) is 342 cm³/mol. The van der Waals surface area contributed by atoms with Crippen LogP contribution < -0.4 is 0 Å². The molecule has 2 saturated heterocycles. The molecule has 1 aromatic carbocycles. The van der Waals surface area contributed by atoms with Crippen molar-refractivity contribution in [3.05, 3.63) is 58.7 Å². The molecule has 6 unspecified atom stereocenters. The molecule has 442 valence electrons. The minimum atomic E-state index is 0. The minimum Gasteiger partial charge on any atom is -0.378 e. The fourth-order valence-corrected chi connectivity index (χ4v) is 10.6. The van der Waals surface area contributed by atoms with Gasteiger partial charge in [-0.1, -0.05) is 259 Å². The number of allylic oxidation sites excluding steroid dienone is 4. The van der Waals surface area contributed by atoms with Crippen LogP contribution in [-0.4, -0.2) is 25.4 Å². The van der Waals surface area contributed by atoms with Crippen LogP contribution in [0.1, 0.15) is 307 Å². The lowest BCUT2D eigenvalue weighted by Crippen LogP contribution is -2.21. The molecule has 6 aliphatic carbocycles. The Morgan fingerprint density at radius 1 is 0.284 bits per heavy atom. The number of hydrogen-bond acceptors (Lipinski definition) is 2. The number of rotatable bonds is 0. The minimum absolute atomic E-state index is 0. The number of hydrogen-bond donors (Lipinski definition) is 0. The summed E-state index contributed by atoms with van der Waals surface area (Å²) in [6, 6.07) is 8.48. The van der Waals surface area contributed by atoms with E-state index in [0.29, 0.717) is 12.2 Å². The molecule has 0 spiro atoms. The van der Waals surface area contributed by atoms with E-state index in [1.54, 1.807) is 11.1 Å². The molecule has 0 N–H and O–H groups in total. The summed E-state index contributed by atoms with van der Waals surface area (Å²) in [5.41, 5.74) is 5.83. The van der Waals surface area contributed by atoms with Crippen LogP contribution in [0.15, 0.2) is 47.6 Å². The highest BCUT2D eigenvalue weighted by atomic mass is 16.5. The van der Waals surface area contributed by atoms with Crippen molar-refractivity contribution in [2.75, 3.05) is 13.2 Å². The van der Waals surface area contributed by atoms with Crippen LogP contribution in [0.5, 0.6) is 0 Å². The van der Waals surface area contributed by atoms with Crippen molar-refractivity contribution in [3.8, 4) is 0 Å². The Balaban J connectivity index is -0.000000381. The van der Waals surface area contributed by atoms with Gasteiger partial charge in [-0.05, 0) is 177 Å². The van der Waals surface area contributed by atoms with Crippen molar-refractivity contribution in [3.63, 3.8) is 0 Å². The van der Waals surface area contributed by atoms with E-state index in [9.17, 15) is 0 Å². The molecule has 9 rings (SSSR count). The first-order chi connectivity index (χ1) is 34.1. The van der Waals surface area contributed by atoms with Crippen molar-refractivity contribution >= 4 is 0 Å². The van der Waals surface area contributed by atoms with Gasteiger partial charge in [-0.25, -0.2) is 0 Å². The lowest BCUT2D eigenvalue weighted by molar-refractivity contribution is 0.000174. The lowest BCUT2D eigenvalue weighted by Gasteiger charge is -2.23. The first-order valence-electron chi connectivity index (χ1n) is 31.7. The third kappa shape index (κ3) is 43.6. The average molecular weight is 1040 g/mol. The van der Waals surface area contributed by atoms with Crippen LogP contribution in [0.2, 0.25) is 0 Å². The summed E-state index contributed by atoms with van der Waals surface area (Å²) < 4.78 is 10.8. The van der Waals surface area contributed by atoms with E-state index in [1.807, 2.05) is 0 Å². The molecule has 4 saturated carbocycles. The molecular weight excluding hydrogens is 897 g/mol. The van der Waals surface area contributed by atoms with Crippen LogP contribution >= 0.6 is 0 Å². The van der Waals surface area contributed by atoms with E-state index in [2.05, 4.69) is 161 Å². The van der Waals surface area contributed by atoms with Gasteiger partial charge in [0.1, 0.15) is 0 Å². The highest BCUT2D eigenvalue weighted by Crippen LogP contribution is 2.30. The average Bonchev–Trinajstić information content (AvgIpc) is 3.36. The monoisotopic (exact) mass is 1040 g/mol. The van der Waals surface area contributed by atoms with Gasteiger partial charge < -0.3 is 9.47 Å². The van der Waals surface area contributed by atoms with Crippen molar-refractivity contribution in [2.45, 2.75) is 319 Å². The molecule has 2 heteroatoms. The van der Waals surface area contributed by atoms with Crippen LogP contribution in [-0.2, 0) is 9.47 Å². The van der Waals surface area contributed by atoms with E-state index < -0.39 is 0 Å². The normalized spacial score (nSPS) is 33.2. The summed E-state index contributed by atoms with van der Waals surface area (Å²) >= 11 is 0. The van der Waals surface area contributed by atoms with Gasteiger partial charge >= 0.3 is 0 Å². The molecule has 0 radical (unpaired) electrons. The topological polar surface area (TPSA) is 18.5 Å². The summed E-state index contributed by atoms with van der Waals surface area (Å²) in [5.74, 6) is 11.6. The van der Waals surface area contributed by atoms with Crippen molar-refractivity contribution in [1.29, 1.82) is 0 Å². The Labute approximate surface area is 471 Å². The Hall–Kier alpha value is -1.38. The van der Waals surface area contributed by atoms with Gasteiger partial charge in [-0.3, -0.25) is 0 Å². The molecule has 6 atom stereocenters. The summed E-state index contributed by atoms with van der Waals surface area (Å²) in [4.78, 5) is 0.